The van der Waals surface area contributed by atoms with Gasteiger partial charge in [-0.25, -0.2) is 9.37 Å². The second kappa shape index (κ2) is 7.17. The highest BCUT2D eigenvalue weighted by molar-refractivity contribution is 9.10. The molecule has 0 atom stereocenters. The summed E-state index contributed by atoms with van der Waals surface area (Å²) in [7, 11) is 0. The van der Waals surface area contributed by atoms with Crippen LogP contribution in [0.15, 0.2) is 69.5 Å². The lowest BCUT2D eigenvalue weighted by Crippen LogP contribution is -2.24. The van der Waals surface area contributed by atoms with Gasteiger partial charge in [0, 0.05) is 21.0 Å². The van der Waals surface area contributed by atoms with Gasteiger partial charge in [-0.05, 0) is 42.0 Å². The maximum Gasteiger partial charge on any atom is 0.263 e. The van der Waals surface area contributed by atoms with Gasteiger partial charge < -0.3 is 0 Å². The number of rotatable bonds is 4. The van der Waals surface area contributed by atoms with Crippen LogP contribution >= 0.6 is 27.3 Å². The van der Waals surface area contributed by atoms with Crippen LogP contribution in [0.4, 0.5) is 4.39 Å². The maximum atomic E-state index is 13.0. The standard InChI is InChI=1S/C20H12BrFN2O2S/c21-14-5-1-12(2-6-14)16-10-27-19-18(16)20(26)24(11-23-19)9-17(25)13-3-7-15(22)8-4-13/h1-8,10-11H,9H2. The summed E-state index contributed by atoms with van der Waals surface area (Å²) in [6.07, 6.45) is 1.38. The Bertz CT molecular complexity index is 1200. The average molecular weight is 443 g/mol. The van der Waals surface area contributed by atoms with E-state index in [9.17, 15) is 14.0 Å². The molecule has 0 bridgehead atoms. The summed E-state index contributed by atoms with van der Waals surface area (Å²) in [4.78, 5) is 30.4. The first-order chi connectivity index (χ1) is 13.0. The molecule has 0 unspecified atom stereocenters. The summed E-state index contributed by atoms with van der Waals surface area (Å²) in [5.74, 6) is -0.692. The Morgan fingerprint density at radius 3 is 2.52 bits per heavy atom. The summed E-state index contributed by atoms with van der Waals surface area (Å²) in [6.45, 7) is -0.150. The van der Waals surface area contributed by atoms with Gasteiger partial charge in [-0.15, -0.1) is 11.3 Å². The summed E-state index contributed by atoms with van der Waals surface area (Å²) < 4.78 is 15.3. The topological polar surface area (TPSA) is 52.0 Å². The monoisotopic (exact) mass is 442 g/mol. The number of carbonyl (C=O) groups excluding carboxylic acids is 1. The third kappa shape index (κ3) is 3.48. The molecule has 0 saturated heterocycles. The van der Waals surface area contributed by atoms with Crippen LogP contribution in [0.5, 0.6) is 0 Å². The molecule has 2 aromatic heterocycles. The molecule has 7 heteroatoms. The van der Waals surface area contributed by atoms with Gasteiger partial charge in [-0.1, -0.05) is 28.1 Å². The van der Waals surface area contributed by atoms with Crippen LogP contribution in [0.2, 0.25) is 0 Å². The van der Waals surface area contributed by atoms with Crippen LogP contribution in [0, 0.1) is 5.82 Å². The lowest BCUT2D eigenvalue weighted by Gasteiger charge is -2.06. The second-order valence-electron chi connectivity index (χ2n) is 5.94. The van der Waals surface area contributed by atoms with Crippen LogP contribution in [0.1, 0.15) is 10.4 Å². The number of thiophene rings is 1. The van der Waals surface area contributed by atoms with Crippen LogP contribution in [-0.4, -0.2) is 15.3 Å². The number of benzene rings is 2. The van der Waals surface area contributed by atoms with Crippen LogP contribution in [-0.2, 0) is 6.54 Å². The van der Waals surface area contributed by atoms with Crippen molar-refractivity contribution in [3.63, 3.8) is 0 Å². The molecule has 0 N–H and O–H groups in total. The molecule has 2 heterocycles. The first kappa shape index (κ1) is 17.8. The van der Waals surface area contributed by atoms with E-state index < -0.39 is 5.82 Å². The number of fused-ring (bicyclic) bond motifs is 1. The van der Waals surface area contributed by atoms with Crippen molar-refractivity contribution >= 4 is 43.3 Å². The van der Waals surface area contributed by atoms with Gasteiger partial charge in [-0.3, -0.25) is 14.2 Å². The zero-order valence-corrected chi connectivity index (χ0v) is 16.3. The van der Waals surface area contributed by atoms with E-state index in [1.807, 2.05) is 29.6 Å². The number of nitrogens with zero attached hydrogens (tertiary/aromatic N) is 2. The Morgan fingerprint density at radius 1 is 1.11 bits per heavy atom. The molecule has 4 aromatic rings. The van der Waals surface area contributed by atoms with E-state index in [0.29, 0.717) is 15.8 Å². The minimum absolute atomic E-state index is 0.150. The molecule has 0 spiro atoms. The van der Waals surface area contributed by atoms with Gasteiger partial charge in [0.05, 0.1) is 18.3 Å². The minimum Gasteiger partial charge on any atom is -0.292 e. The SMILES string of the molecule is O=C(Cn1cnc2scc(-c3ccc(Br)cc3)c2c1=O)c1ccc(F)cc1. The lowest BCUT2D eigenvalue weighted by atomic mass is 10.1. The number of aromatic nitrogens is 2. The molecular weight excluding hydrogens is 431 g/mol. The first-order valence-corrected chi connectivity index (χ1v) is 9.71. The van der Waals surface area contributed by atoms with E-state index in [2.05, 4.69) is 20.9 Å². The molecule has 0 aliphatic carbocycles. The van der Waals surface area contributed by atoms with E-state index in [0.717, 1.165) is 15.6 Å². The Hall–Kier alpha value is -2.64. The van der Waals surface area contributed by atoms with Crippen molar-refractivity contribution in [2.24, 2.45) is 0 Å². The number of ketones is 1. The molecule has 0 fully saturated rings. The van der Waals surface area contributed by atoms with Gasteiger partial charge in [0.2, 0.25) is 0 Å². The van der Waals surface area contributed by atoms with Crippen LogP contribution in [0.3, 0.4) is 0 Å². The quantitative estimate of drug-likeness (QED) is 0.422. The molecule has 4 nitrogen and oxygen atoms in total. The van der Waals surface area contributed by atoms with Gasteiger partial charge in [-0.2, -0.15) is 0 Å². The van der Waals surface area contributed by atoms with E-state index in [-0.39, 0.29) is 17.9 Å². The molecule has 0 amide bonds. The number of halogens is 2. The Balaban J connectivity index is 1.74. The zero-order valence-electron chi connectivity index (χ0n) is 13.9. The Labute approximate surface area is 166 Å². The average Bonchev–Trinajstić information content (AvgIpc) is 3.10. The van der Waals surface area contributed by atoms with Crippen molar-refractivity contribution in [2.45, 2.75) is 6.54 Å². The third-order valence-corrected chi connectivity index (χ3v) is 5.61. The molecule has 0 aliphatic heterocycles. The fourth-order valence-corrected chi connectivity index (χ4v) is 3.97. The Kier molecular flexibility index (Phi) is 4.72. The van der Waals surface area contributed by atoms with Gasteiger partial charge in [0.1, 0.15) is 10.6 Å². The number of Topliss-reactive ketones (excluding diaryl/α,β-unsaturated/α-hetero) is 1. The van der Waals surface area contributed by atoms with E-state index >= 15 is 0 Å². The molecule has 0 aliphatic rings. The number of hydrogen-bond donors (Lipinski definition) is 0. The van der Waals surface area contributed by atoms with Crippen molar-refractivity contribution in [1.29, 1.82) is 0 Å². The Morgan fingerprint density at radius 2 is 1.81 bits per heavy atom. The largest absolute Gasteiger partial charge is 0.292 e. The molecule has 0 radical (unpaired) electrons. The highest BCUT2D eigenvalue weighted by atomic mass is 79.9. The van der Waals surface area contributed by atoms with E-state index in [1.54, 1.807) is 0 Å². The maximum absolute atomic E-state index is 13.0. The third-order valence-electron chi connectivity index (χ3n) is 4.20. The van der Waals surface area contributed by atoms with Gasteiger partial charge in [0.25, 0.3) is 5.56 Å². The number of carbonyl (C=O) groups is 1. The minimum atomic E-state index is -0.413. The van der Waals surface area contributed by atoms with E-state index in [1.165, 1.54) is 46.5 Å². The fourth-order valence-electron chi connectivity index (χ4n) is 2.80. The molecule has 134 valence electrons. The van der Waals surface area contributed by atoms with Crippen molar-refractivity contribution in [1.82, 2.24) is 9.55 Å². The van der Waals surface area contributed by atoms with Crippen molar-refractivity contribution in [3.05, 3.63) is 86.4 Å². The van der Waals surface area contributed by atoms with Crippen molar-refractivity contribution in [2.75, 3.05) is 0 Å². The zero-order chi connectivity index (χ0) is 19.0. The van der Waals surface area contributed by atoms with Crippen LogP contribution < -0.4 is 5.56 Å². The summed E-state index contributed by atoms with van der Waals surface area (Å²) in [5, 5.41) is 2.39. The highest BCUT2D eigenvalue weighted by Crippen LogP contribution is 2.31. The van der Waals surface area contributed by atoms with Gasteiger partial charge >= 0.3 is 0 Å². The summed E-state index contributed by atoms with van der Waals surface area (Å²) in [5.41, 5.74) is 1.78. The summed E-state index contributed by atoms with van der Waals surface area (Å²) >= 11 is 4.79. The predicted octanol–water partition coefficient (Wildman–Crippen LogP) is 4.91. The van der Waals surface area contributed by atoms with E-state index in [4.69, 9.17) is 0 Å². The van der Waals surface area contributed by atoms with Gasteiger partial charge in [0.15, 0.2) is 5.78 Å². The molecule has 2 aromatic carbocycles. The summed E-state index contributed by atoms with van der Waals surface area (Å²) in [6, 6.07) is 12.9. The molecular formula is C20H12BrFN2O2S. The van der Waals surface area contributed by atoms with Crippen molar-refractivity contribution < 1.29 is 9.18 Å². The molecule has 0 saturated carbocycles. The predicted molar refractivity (Wildman–Crippen MR) is 108 cm³/mol. The number of hydrogen-bond acceptors (Lipinski definition) is 4. The molecule has 4 rings (SSSR count). The smallest absolute Gasteiger partial charge is 0.263 e. The van der Waals surface area contributed by atoms with Crippen LogP contribution in [0.25, 0.3) is 21.3 Å². The normalized spacial score (nSPS) is 11.0. The highest BCUT2D eigenvalue weighted by Gasteiger charge is 2.15. The first-order valence-electron chi connectivity index (χ1n) is 8.04. The molecule has 27 heavy (non-hydrogen) atoms. The fraction of sp³-hybridized carbons (Fsp3) is 0.0500. The second-order valence-corrected chi connectivity index (χ2v) is 7.72. The lowest BCUT2D eigenvalue weighted by molar-refractivity contribution is 0.0970. The van der Waals surface area contributed by atoms with Crippen molar-refractivity contribution in [3.8, 4) is 11.1 Å².